The molecule has 1 aromatic carbocycles. The number of nitrogens with one attached hydrogen (secondary N) is 1. The van der Waals surface area contributed by atoms with E-state index in [1.807, 2.05) is 0 Å². The van der Waals surface area contributed by atoms with E-state index in [1.54, 1.807) is 0 Å². The molecule has 2 unspecified atom stereocenters. The molecule has 2 atom stereocenters. The monoisotopic (exact) mass is 233 g/mol. The van der Waals surface area contributed by atoms with Crippen LogP contribution in [0.25, 0.3) is 0 Å². The minimum absolute atomic E-state index is 0.583. The van der Waals surface area contributed by atoms with Crippen molar-refractivity contribution in [1.29, 1.82) is 0 Å². The maximum atomic E-state index is 3.47. The molecule has 0 saturated carbocycles. The van der Waals surface area contributed by atoms with Crippen LogP contribution in [0.2, 0.25) is 0 Å². The number of hydrogen-bond donors (Lipinski definition) is 1. The van der Waals surface area contributed by atoms with Gasteiger partial charge in [0.1, 0.15) is 0 Å². The van der Waals surface area contributed by atoms with Gasteiger partial charge >= 0.3 is 0 Å². The number of benzene rings is 1. The molecule has 0 aliphatic carbocycles. The molecular weight excluding hydrogens is 206 g/mol. The van der Waals surface area contributed by atoms with Gasteiger partial charge in [-0.25, -0.2) is 0 Å². The molecule has 0 aromatic heterocycles. The molecule has 0 fully saturated rings. The van der Waals surface area contributed by atoms with Gasteiger partial charge < -0.3 is 5.32 Å². The normalized spacial score (nSPS) is 14.7. The smallest absolute Gasteiger partial charge is 0.0130 e. The van der Waals surface area contributed by atoms with Crippen LogP contribution in [-0.2, 0) is 6.42 Å². The molecule has 1 aromatic rings. The van der Waals surface area contributed by atoms with Crippen LogP contribution in [0, 0.1) is 26.7 Å². The van der Waals surface area contributed by atoms with E-state index < -0.39 is 0 Å². The van der Waals surface area contributed by atoms with Gasteiger partial charge in [-0.1, -0.05) is 38.0 Å². The standard InChI is InChI=1S/C16H27N/c1-7-12(3)16(17-6)10-15-13(4)8-11(2)9-14(15)5/h8-9,12,16-17H,7,10H2,1-6H3. The molecule has 1 N–H and O–H groups in total. The van der Waals surface area contributed by atoms with Crippen molar-refractivity contribution in [2.24, 2.45) is 5.92 Å². The molecule has 0 aliphatic heterocycles. The molecule has 0 spiro atoms. The summed E-state index contributed by atoms with van der Waals surface area (Å²) in [6.45, 7) is 11.2. The molecule has 0 aliphatic rings. The zero-order valence-corrected chi connectivity index (χ0v) is 12.2. The fraction of sp³-hybridized carbons (Fsp3) is 0.625. The van der Waals surface area contributed by atoms with E-state index in [2.05, 4.69) is 59.1 Å². The second kappa shape index (κ2) is 6.20. The van der Waals surface area contributed by atoms with Gasteiger partial charge in [-0.05, 0) is 56.8 Å². The number of likely N-dealkylation sites (N-methyl/N-ethyl adjacent to an activating group) is 1. The minimum atomic E-state index is 0.583. The van der Waals surface area contributed by atoms with Crippen molar-refractivity contribution in [1.82, 2.24) is 5.32 Å². The summed E-state index contributed by atoms with van der Waals surface area (Å²) in [6.07, 6.45) is 2.37. The van der Waals surface area contributed by atoms with Gasteiger partial charge in [0.2, 0.25) is 0 Å². The number of hydrogen-bond acceptors (Lipinski definition) is 1. The van der Waals surface area contributed by atoms with Crippen LogP contribution in [0.3, 0.4) is 0 Å². The van der Waals surface area contributed by atoms with E-state index in [4.69, 9.17) is 0 Å². The van der Waals surface area contributed by atoms with Gasteiger partial charge in [0.15, 0.2) is 0 Å². The lowest BCUT2D eigenvalue weighted by Crippen LogP contribution is -2.34. The molecule has 96 valence electrons. The number of rotatable bonds is 5. The fourth-order valence-electron chi connectivity index (χ4n) is 2.62. The summed E-state index contributed by atoms with van der Waals surface area (Å²) >= 11 is 0. The molecular formula is C16H27N. The highest BCUT2D eigenvalue weighted by Gasteiger charge is 2.16. The SMILES string of the molecule is CCC(C)C(Cc1c(C)cc(C)cc1C)NC. The Hall–Kier alpha value is -0.820. The second-order valence-corrected chi connectivity index (χ2v) is 5.36. The first-order valence-corrected chi connectivity index (χ1v) is 6.73. The highest BCUT2D eigenvalue weighted by molar-refractivity contribution is 5.38. The average Bonchev–Trinajstić information content (AvgIpc) is 2.27. The lowest BCUT2D eigenvalue weighted by molar-refractivity contribution is 0.385. The van der Waals surface area contributed by atoms with Crippen LogP contribution in [-0.4, -0.2) is 13.1 Å². The first-order chi connectivity index (χ1) is 7.99. The molecule has 0 radical (unpaired) electrons. The van der Waals surface area contributed by atoms with Gasteiger partial charge in [-0.3, -0.25) is 0 Å². The summed E-state index contributed by atoms with van der Waals surface area (Å²) in [6, 6.07) is 5.18. The van der Waals surface area contributed by atoms with Crippen molar-refractivity contribution >= 4 is 0 Å². The highest BCUT2D eigenvalue weighted by Crippen LogP contribution is 2.21. The van der Waals surface area contributed by atoms with E-state index in [1.165, 1.54) is 28.7 Å². The quantitative estimate of drug-likeness (QED) is 0.816. The molecule has 0 bridgehead atoms. The molecule has 1 heteroatoms. The second-order valence-electron chi connectivity index (χ2n) is 5.36. The fourth-order valence-corrected chi connectivity index (χ4v) is 2.62. The average molecular weight is 233 g/mol. The molecule has 0 saturated heterocycles. The van der Waals surface area contributed by atoms with Crippen molar-refractivity contribution in [3.8, 4) is 0 Å². The van der Waals surface area contributed by atoms with Gasteiger partial charge in [-0.15, -0.1) is 0 Å². The Bertz CT molecular complexity index is 345. The van der Waals surface area contributed by atoms with Crippen LogP contribution in [0.1, 0.15) is 42.5 Å². The summed E-state index contributed by atoms with van der Waals surface area (Å²) in [7, 11) is 2.08. The third-order valence-corrected chi connectivity index (χ3v) is 3.97. The Labute approximate surface area is 107 Å². The molecule has 1 rings (SSSR count). The first kappa shape index (κ1) is 14.2. The summed E-state index contributed by atoms with van der Waals surface area (Å²) in [5.74, 6) is 0.722. The predicted octanol–water partition coefficient (Wildman–Crippen LogP) is 3.79. The van der Waals surface area contributed by atoms with Crippen LogP contribution in [0.5, 0.6) is 0 Å². The zero-order valence-electron chi connectivity index (χ0n) is 12.2. The van der Waals surface area contributed by atoms with E-state index in [-0.39, 0.29) is 0 Å². The highest BCUT2D eigenvalue weighted by atomic mass is 14.9. The Morgan fingerprint density at radius 2 is 1.65 bits per heavy atom. The first-order valence-electron chi connectivity index (χ1n) is 6.73. The number of aryl methyl sites for hydroxylation is 3. The third-order valence-electron chi connectivity index (χ3n) is 3.97. The molecule has 0 heterocycles. The summed E-state index contributed by atoms with van der Waals surface area (Å²) in [5.41, 5.74) is 5.76. The van der Waals surface area contributed by atoms with E-state index in [9.17, 15) is 0 Å². The van der Waals surface area contributed by atoms with E-state index in [0.717, 1.165) is 12.3 Å². The maximum absolute atomic E-state index is 3.47. The van der Waals surface area contributed by atoms with Crippen LogP contribution >= 0.6 is 0 Å². The van der Waals surface area contributed by atoms with Crippen LogP contribution in [0.15, 0.2) is 12.1 Å². The van der Waals surface area contributed by atoms with Gasteiger partial charge in [0.05, 0.1) is 0 Å². The largest absolute Gasteiger partial charge is 0.316 e. The Morgan fingerprint density at radius 3 is 2.06 bits per heavy atom. The molecule has 1 nitrogen and oxygen atoms in total. The Balaban J connectivity index is 2.93. The van der Waals surface area contributed by atoms with E-state index >= 15 is 0 Å². The van der Waals surface area contributed by atoms with Gasteiger partial charge in [0.25, 0.3) is 0 Å². The summed E-state index contributed by atoms with van der Waals surface area (Å²) in [4.78, 5) is 0. The third kappa shape index (κ3) is 3.57. The zero-order chi connectivity index (χ0) is 13.0. The molecule has 0 amide bonds. The lowest BCUT2D eigenvalue weighted by atomic mass is 9.88. The van der Waals surface area contributed by atoms with Crippen molar-refractivity contribution in [3.63, 3.8) is 0 Å². The topological polar surface area (TPSA) is 12.0 Å². The van der Waals surface area contributed by atoms with Crippen molar-refractivity contribution in [3.05, 3.63) is 34.4 Å². The lowest BCUT2D eigenvalue weighted by Gasteiger charge is -2.24. The van der Waals surface area contributed by atoms with Crippen LogP contribution < -0.4 is 5.32 Å². The van der Waals surface area contributed by atoms with Crippen molar-refractivity contribution in [2.45, 2.75) is 53.5 Å². The van der Waals surface area contributed by atoms with Gasteiger partial charge in [0, 0.05) is 6.04 Å². The minimum Gasteiger partial charge on any atom is -0.316 e. The van der Waals surface area contributed by atoms with Crippen molar-refractivity contribution < 1.29 is 0 Å². The van der Waals surface area contributed by atoms with Crippen molar-refractivity contribution in [2.75, 3.05) is 7.05 Å². The van der Waals surface area contributed by atoms with Gasteiger partial charge in [-0.2, -0.15) is 0 Å². The summed E-state index contributed by atoms with van der Waals surface area (Å²) in [5, 5.41) is 3.47. The maximum Gasteiger partial charge on any atom is 0.0130 e. The predicted molar refractivity (Wildman–Crippen MR) is 76.7 cm³/mol. The van der Waals surface area contributed by atoms with E-state index in [0.29, 0.717) is 6.04 Å². The Morgan fingerprint density at radius 1 is 1.12 bits per heavy atom. The van der Waals surface area contributed by atoms with Crippen LogP contribution in [0.4, 0.5) is 0 Å². The summed E-state index contributed by atoms with van der Waals surface area (Å²) < 4.78 is 0. The molecule has 17 heavy (non-hydrogen) atoms. The Kier molecular flexibility index (Phi) is 5.20.